The average molecular weight is 285 g/mol. The highest BCUT2D eigenvalue weighted by Gasteiger charge is 2.18. The van der Waals surface area contributed by atoms with Gasteiger partial charge in [-0.25, -0.2) is 4.98 Å². The molecular formula is C16H21N4O+. The Labute approximate surface area is 125 Å². The van der Waals surface area contributed by atoms with Crippen LogP contribution in [0.1, 0.15) is 17.0 Å². The van der Waals surface area contributed by atoms with Crippen molar-refractivity contribution in [2.45, 2.75) is 13.5 Å². The number of aryl methyl sites for hydroxylation is 1. The number of hydrogen-bond acceptors (Lipinski definition) is 3. The van der Waals surface area contributed by atoms with Crippen LogP contribution in [0.25, 0.3) is 5.69 Å². The van der Waals surface area contributed by atoms with Gasteiger partial charge in [0, 0.05) is 6.07 Å². The molecule has 110 valence electrons. The van der Waals surface area contributed by atoms with Crippen LogP contribution in [0.3, 0.4) is 0 Å². The van der Waals surface area contributed by atoms with Gasteiger partial charge in [0.05, 0.1) is 51.5 Å². The van der Waals surface area contributed by atoms with Crippen LogP contribution in [0.5, 0.6) is 5.75 Å². The van der Waals surface area contributed by atoms with Gasteiger partial charge in [-0.1, -0.05) is 0 Å². The highest BCUT2D eigenvalue weighted by Crippen LogP contribution is 2.24. The molecule has 21 heavy (non-hydrogen) atoms. The zero-order valence-corrected chi connectivity index (χ0v) is 13.2. The van der Waals surface area contributed by atoms with E-state index in [9.17, 15) is 5.26 Å². The molecule has 2 aromatic rings. The normalized spacial score (nSPS) is 11.2. The Kier molecular flexibility index (Phi) is 4.01. The van der Waals surface area contributed by atoms with E-state index in [1.807, 2.05) is 23.6 Å². The summed E-state index contributed by atoms with van der Waals surface area (Å²) < 4.78 is 7.98. The molecule has 0 bridgehead atoms. The topological polar surface area (TPSA) is 50.8 Å². The zero-order chi connectivity index (χ0) is 15.6. The molecule has 0 aliphatic heterocycles. The smallest absolute Gasteiger partial charge is 0.121 e. The lowest BCUT2D eigenvalue weighted by Gasteiger charge is -2.25. The van der Waals surface area contributed by atoms with Crippen molar-refractivity contribution in [1.29, 1.82) is 5.26 Å². The fraction of sp³-hybridized carbons (Fsp3) is 0.375. The van der Waals surface area contributed by atoms with E-state index in [-0.39, 0.29) is 0 Å². The number of hydrogen-bond donors (Lipinski definition) is 0. The molecule has 1 aromatic heterocycles. The maximum Gasteiger partial charge on any atom is 0.121 e. The summed E-state index contributed by atoms with van der Waals surface area (Å²) in [6, 6.07) is 7.75. The van der Waals surface area contributed by atoms with Gasteiger partial charge in [-0.15, -0.1) is 0 Å². The van der Waals surface area contributed by atoms with Crippen LogP contribution in [-0.2, 0) is 6.54 Å². The molecule has 1 heterocycles. The van der Waals surface area contributed by atoms with Crippen LogP contribution in [-0.4, -0.2) is 42.3 Å². The van der Waals surface area contributed by atoms with Crippen LogP contribution < -0.4 is 4.74 Å². The van der Waals surface area contributed by atoms with Crippen molar-refractivity contribution in [2.75, 3.05) is 28.3 Å². The lowest BCUT2D eigenvalue weighted by Crippen LogP contribution is -2.34. The van der Waals surface area contributed by atoms with E-state index in [4.69, 9.17) is 4.74 Å². The van der Waals surface area contributed by atoms with E-state index in [0.29, 0.717) is 11.3 Å². The van der Waals surface area contributed by atoms with Gasteiger partial charge in [0.25, 0.3) is 0 Å². The predicted molar refractivity (Wildman–Crippen MR) is 81.3 cm³/mol. The van der Waals surface area contributed by atoms with Crippen molar-refractivity contribution in [3.63, 3.8) is 0 Å². The number of methoxy groups -OCH3 is 1. The first kappa shape index (κ1) is 15.1. The first-order valence-electron chi connectivity index (χ1n) is 6.77. The Morgan fingerprint density at radius 2 is 2.05 bits per heavy atom. The first-order chi connectivity index (χ1) is 9.85. The Morgan fingerprint density at radius 1 is 1.33 bits per heavy atom. The molecule has 0 aliphatic rings. The summed E-state index contributed by atoms with van der Waals surface area (Å²) in [5.74, 6) is 0.681. The molecule has 0 spiro atoms. The second kappa shape index (κ2) is 5.58. The Balaban J connectivity index is 2.56. The largest absolute Gasteiger partial charge is 0.497 e. The Bertz CT molecular complexity index is 689. The fourth-order valence-electron chi connectivity index (χ4n) is 2.25. The van der Waals surface area contributed by atoms with Gasteiger partial charge in [-0.3, -0.25) is 4.57 Å². The number of imidazole rings is 1. The minimum Gasteiger partial charge on any atom is -0.497 e. The molecular weight excluding hydrogens is 264 g/mol. The van der Waals surface area contributed by atoms with Gasteiger partial charge in [0.2, 0.25) is 0 Å². The molecule has 0 saturated heterocycles. The maximum atomic E-state index is 9.39. The quantitative estimate of drug-likeness (QED) is 0.810. The molecule has 1 aromatic carbocycles. The number of ether oxygens (including phenoxy) is 1. The number of nitrogens with zero attached hydrogens (tertiary/aromatic N) is 4. The fourth-order valence-corrected chi connectivity index (χ4v) is 2.25. The average Bonchev–Trinajstić information content (AvgIpc) is 2.77. The molecule has 0 fully saturated rings. The van der Waals surface area contributed by atoms with E-state index < -0.39 is 0 Å². The molecule has 0 atom stereocenters. The van der Waals surface area contributed by atoms with E-state index in [2.05, 4.69) is 32.2 Å². The van der Waals surface area contributed by atoms with E-state index in [0.717, 1.165) is 28.1 Å². The van der Waals surface area contributed by atoms with Crippen LogP contribution in [0.4, 0.5) is 0 Å². The molecule has 5 nitrogen and oxygen atoms in total. The Hall–Kier alpha value is -2.32. The summed E-state index contributed by atoms with van der Waals surface area (Å²) in [7, 11) is 8.00. The van der Waals surface area contributed by atoms with Crippen molar-refractivity contribution < 1.29 is 9.22 Å². The van der Waals surface area contributed by atoms with Crippen molar-refractivity contribution in [2.24, 2.45) is 0 Å². The lowest BCUT2D eigenvalue weighted by atomic mass is 10.1. The van der Waals surface area contributed by atoms with Crippen molar-refractivity contribution in [3.05, 3.63) is 41.5 Å². The van der Waals surface area contributed by atoms with Gasteiger partial charge in [-0.2, -0.15) is 5.26 Å². The minimum absolute atomic E-state index is 0.578. The summed E-state index contributed by atoms with van der Waals surface area (Å²) in [5.41, 5.74) is 3.52. The molecule has 0 saturated carbocycles. The second-order valence-electron chi connectivity index (χ2n) is 6.09. The SMILES string of the molecule is COc1ccc(-n2cnc(C)c2C[N+](C)(C)C)c(C#N)c1. The highest BCUT2D eigenvalue weighted by molar-refractivity contribution is 5.53. The van der Waals surface area contributed by atoms with Gasteiger partial charge in [0.1, 0.15) is 24.1 Å². The molecule has 5 heteroatoms. The van der Waals surface area contributed by atoms with Crippen LogP contribution in [0, 0.1) is 18.3 Å². The molecule has 0 radical (unpaired) electrons. The third-order valence-corrected chi connectivity index (χ3v) is 3.28. The monoisotopic (exact) mass is 285 g/mol. The summed E-state index contributed by atoms with van der Waals surface area (Å²) >= 11 is 0. The number of rotatable bonds is 4. The summed E-state index contributed by atoms with van der Waals surface area (Å²) in [5, 5.41) is 9.39. The van der Waals surface area contributed by atoms with Gasteiger partial charge < -0.3 is 9.22 Å². The molecule has 0 aliphatic carbocycles. The van der Waals surface area contributed by atoms with Crippen molar-refractivity contribution in [1.82, 2.24) is 9.55 Å². The third kappa shape index (κ3) is 3.23. The molecule has 0 amide bonds. The third-order valence-electron chi connectivity index (χ3n) is 3.28. The second-order valence-corrected chi connectivity index (χ2v) is 6.09. The summed E-state index contributed by atoms with van der Waals surface area (Å²) in [6.07, 6.45) is 1.78. The minimum atomic E-state index is 0.578. The predicted octanol–water partition coefficient (Wildman–Crippen LogP) is 2.27. The summed E-state index contributed by atoms with van der Waals surface area (Å²) in [4.78, 5) is 4.41. The van der Waals surface area contributed by atoms with E-state index in [1.165, 1.54) is 0 Å². The number of aromatic nitrogens is 2. The lowest BCUT2D eigenvalue weighted by molar-refractivity contribution is -0.884. The maximum absolute atomic E-state index is 9.39. The van der Waals surface area contributed by atoms with Gasteiger partial charge in [-0.05, 0) is 19.1 Å². The highest BCUT2D eigenvalue weighted by atomic mass is 16.5. The van der Waals surface area contributed by atoms with Crippen molar-refractivity contribution >= 4 is 0 Å². The number of benzene rings is 1. The van der Waals surface area contributed by atoms with Gasteiger partial charge in [0.15, 0.2) is 0 Å². The number of nitriles is 1. The van der Waals surface area contributed by atoms with E-state index in [1.54, 1.807) is 19.5 Å². The zero-order valence-electron chi connectivity index (χ0n) is 13.2. The first-order valence-corrected chi connectivity index (χ1v) is 6.77. The number of quaternary nitrogens is 1. The molecule has 0 unspecified atom stereocenters. The van der Waals surface area contributed by atoms with Crippen LogP contribution >= 0.6 is 0 Å². The standard InChI is InChI=1S/C16H21N4O/c1-12-16(10-20(2,3)4)19(11-18-12)15-7-6-14(21-5)8-13(15)9-17/h6-8,11H,10H2,1-5H3/q+1. The molecule has 0 N–H and O–H groups in total. The Morgan fingerprint density at radius 3 is 2.62 bits per heavy atom. The van der Waals surface area contributed by atoms with Crippen LogP contribution in [0.2, 0.25) is 0 Å². The molecule has 2 rings (SSSR count). The van der Waals surface area contributed by atoms with E-state index >= 15 is 0 Å². The summed E-state index contributed by atoms with van der Waals surface area (Å²) in [6.45, 7) is 2.83. The van der Waals surface area contributed by atoms with Crippen molar-refractivity contribution in [3.8, 4) is 17.5 Å². The van der Waals surface area contributed by atoms with Gasteiger partial charge >= 0.3 is 0 Å². The van der Waals surface area contributed by atoms with Crippen LogP contribution in [0.15, 0.2) is 24.5 Å².